The van der Waals surface area contributed by atoms with Gasteiger partial charge in [-0.3, -0.25) is 10.9 Å². The van der Waals surface area contributed by atoms with Crippen molar-refractivity contribution in [2.45, 2.75) is 13.1 Å². The van der Waals surface area contributed by atoms with Crippen LogP contribution in [0.25, 0.3) is 0 Å². The van der Waals surface area contributed by atoms with Crippen LogP contribution in [0.4, 0.5) is 0 Å². The summed E-state index contributed by atoms with van der Waals surface area (Å²) in [6.45, 7) is 1.00. The molecule has 0 aliphatic carbocycles. The van der Waals surface area contributed by atoms with E-state index < -0.39 is 0 Å². The van der Waals surface area contributed by atoms with Crippen LogP contribution in [-0.2, 0) is 13.1 Å². The van der Waals surface area contributed by atoms with Crippen LogP contribution in [0.1, 0.15) is 11.1 Å². The van der Waals surface area contributed by atoms with Crippen molar-refractivity contribution in [1.29, 1.82) is 0 Å². The second-order valence-corrected chi connectivity index (χ2v) is 5.74. The molecule has 0 radical (unpaired) electrons. The van der Waals surface area contributed by atoms with E-state index in [0.29, 0.717) is 33.2 Å². The summed E-state index contributed by atoms with van der Waals surface area (Å²) in [4.78, 5) is 0. The average Bonchev–Trinajstić information content (AvgIpc) is 2.40. The van der Waals surface area contributed by atoms with Crippen LogP contribution in [0, 0.1) is 0 Å². The zero-order valence-electron chi connectivity index (χ0n) is 10.4. The first-order chi connectivity index (χ1) is 9.59. The normalized spacial score (nSPS) is 10.8. The summed E-state index contributed by atoms with van der Waals surface area (Å²) in [5.41, 5.74) is 7.78. The van der Waals surface area contributed by atoms with Gasteiger partial charge in [-0.2, -0.15) is 0 Å². The van der Waals surface area contributed by atoms with Gasteiger partial charge in [0.15, 0.2) is 0 Å². The summed E-state index contributed by atoms with van der Waals surface area (Å²) >= 11 is 24.3. The number of hydrazine groups is 1. The lowest BCUT2D eigenvalue weighted by atomic mass is 10.2. The van der Waals surface area contributed by atoms with Crippen molar-refractivity contribution in [2.75, 3.05) is 0 Å². The first-order valence-corrected chi connectivity index (χ1v) is 7.42. The highest BCUT2D eigenvalue weighted by Crippen LogP contribution is 2.25. The number of nitrogens with one attached hydrogen (secondary N) is 2. The standard InChI is InChI=1S/C14H12Cl4N2/c15-11-3-1-4-12(16)9(11)7-19-20-8-10-13(17)5-2-6-14(10)18/h1-6,19-20H,7-8H2. The Kier molecular flexibility index (Phi) is 5.97. The van der Waals surface area contributed by atoms with E-state index in [2.05, 4.69) is 10.9 Å². The van der Waals surface area contributed by atoms with Crippen molar-refractivity contribution in [3.05, 3.63) is 67.6 Å². The van der Waals surface area contributed by atoms with E-state index in [-0.39, 0.29) is 0 Å². The maximum absolute atomic E-state index is 6.08. The van der Waals surface area contributed by atoms with Crippen LogP contribution < -0.4 is 10.9 Å². The molecule has 0 amide bonds. The molecule has 2 N–H and O–H groups in total. The molecule has 0 spiro atoms. The predicted molar refractivity (Wildman–Crippen MR) is 86.6 cm³/mol. The lowest BCUT2D eigenvalue weighted by Gasteiger charge is -2.11. The molecule has 0 unspecified atom stereocenters. The average molecular weight is 350 g/mol. The van der Waals surface area contributed by atoms with Crippen LogP contribution in [0.5, 0.6) is 0 Å². The second kappa shape index (κ2) is 7.51. The Morgan fingerprint density at radius 3 is 1.20 bits per heavy atom. The van der Waals surface area contributed by atoms with E-state index >= 15 is 0 Å². The van der Waals surface area contributed by atoms with E-state index in [9.17, 15) is 0 Å². The highest BCUT2D eigenvalue weighted by atomic mass is 35.5. The molecule has 2 aromatic rings. The molecule has 0 heterocycles. The van der Waals surface area contributed by atoms with Crippen LogP contribution in [0.2, 0.25) is 20.1 Å². The Morgan fingerprint density at radius 1 is 0.600 bits per heavy atom. The monoisotopic (exact) mass is 348 g/mol. The SMILES string of the molecule is Clc1cccc(Cl)c1CNNCc1c(Cl)cccc1Cl. The summed E-state index contributed by atoms with van der Waals surface area (Å²) < 4.78 is 0. The van der Waals surface area contributed by atoms with Crippen LogP contribution in [0.15, 0.2) is 36.4 Å². The zero-order valence-corrected chi connectivity index (χ0v) is 13.4. The number of hydrogen-bond donors (Lipinski definition) is 2. The summed E-state index contributed by atoms with van der Waals surface area (Å²) in [6, 6.07) is 10.8. The third kappa shape index (κ3) is 4.01. The fraction of sp³-hybridized carbons (Fsp3) is 0.143. The van der Waals surface area contributed by atoms with Gasteiger partial charge in [-0.25, -0.2) is 0 Å². The van der Waals surface area contributed by atoms with Crippen molar-refractivity contribution in [3.63, 3.8) is 0 Å². The minimum absolute atomic E-state index is 0.501. The summed E-state index contributed by atoms with van der Waals surface area (Å²) in [5.74, 6) is 0. The van der Waals surface area contributed by atoms with Gasteiger partial charge < -0.3 is 0 Å². The molecule has 20 heavy (non-hydrogen) atoms. The van der Waals surface area contributed by atoms with Crippen LogP contribution >= 0.6 is 46.4 Å². The molecule has 6 heteroatoms. The fourth-order valence-electron chi connectivity index (χ4n) is 1.70. The van der Waals surface area contributed by atoms with Crippen molar-refractivity contribution in [1.82, 2.24) is 10.9 Å². The number of rotatable bonds is 5. The van der Waals surface area contributed by atoms with Crippen molar-refractivity contribution >= 4 is 46.4 Å². The maximum atomic E-state index is 6.08. The van der Waals surface area contributed by atoms with Gasteiger partial charge in [0, 0.05) is 44.3 Å². The van der Waals surface area contributed by atoms with E-state index in [1.807, 2.05) is 12.1 Å². The highest BCUT2D eigenvalue weighted by Gasteiger charge is 2.06. The first kappa shape index (κ1) is 15.9. The zero-order chi connectivity index (χ0) is 14.5. The molecular weight excluding hydrogens is 338 g/mol. The van der Waals surface area contributed by atoms with Crippen LogP contribution in [-0.4, -0.2) is 0 Å². The van der Waals surface area contributed by atoms with Gasteiger partial charge >= 0.3 is 0 Å². The Bertz CT molecular complexity index is 508. The molecular formula is C14H12Cl4N2. The number of hydrogen-bond acceptors (Lipinski definition) is 2. The summed E-state index contributed by atoms with van der Waals surface area (Å²) in [6.07, 6.45) is 0. The van der Waals surface area contributed by atoms with Gasteiger partial charge in [-0.15, -0.1) is 0 Å². The van der Waals surface area contributed by atoms with Gasteiger partial charge in [0.1, 0.15) is 0 Å². The van der Waals surface area contributed by atoms with Gasteiger partial charge in [0.25, 0.3) is 0 Å². The number of halogens is 4. The highest BCUT2D eigenvalue weighted by molar-refractivity contribution is 6.36. The molecule has 106 valence electrons. The first-order valence-electron chi connectivity index (χ1n) is 5.91. The van der Waals surface area contributed by atoms with Gasteiger partial charge in [0.2, 0.25) is 0 Å². The molecule has 2 aromatic carbocycles. The van der Waals surface area contributed by atoms with Crippen molar-refractivity contribution in [3.8, 4) is 0 Å². The fourth-order valence-corrected chi connectivity index (χ4v) is 2.77. The predicted octanol–water partition coefficient (Wildman–Crippen LogP) is 5.09. The summed E-state index contributed by atoms with van der Waals surface area (Å²) in [7, 11) is 0. The third-order valence-electron chi connectivity index (χ3n) is 2.78. The van der Waals surface area contributed by atoms with Crippen molar-refractivity contribution < 1.29 is 0 Å². The minimum Gasteiger partial charge on any atom is -0.253 e. The minimum atomic E-state index is 0.501. The van der Waals surface area contributed by atoms with Gasteiger partial charge in [0.05, 0.1) is 0 Å². The molecule has 2 rings (SSSR count). The van der Waals surface area contributed by atoms with Gasteiger partial charge in [-0.05, 0) is 24.3 Å². The maximum Gasteiger partial charge on any atom is 0.0466 e. The molecule has 0 aliphatic heterocycles. The second-order valence-electron chi connectivity index (χ2n) is 4.11. The molecule has 0 saturated heterocycles. The topological polar surface area (TPSA) is 24.1 Å². The Hall–Kier alpha value is -0.480. The molecule has 0 saturated carbocycles. The molecule has 0 atom stereocenters. The largest absolute Gasteiger partial charge is 0.253 e. The molecule has 2 nitrogen and oxygen atoms in total. The van der Waals surface area contributed by atoms with E-state index in [4.69, 9.17) is 46.4 Å². The third-order valence-corrected chi connectivity index (χ3v) is 4.20. The Morgan fingerprint density at radius 2 is 0.900 bits per heavy atom. The quantitative estimate of drug-likeness (QED) is 0.580. The molecule has 0 bridgehead atoms. The number of benzene rings is 2. The lowest BCUT2D eigenvalue weighted by Crippen LogP contribution is -2.31. The van der Waals surface area contributed by atoms with Crippen molar-refractivity contribution in [2.24, 2.45) is 0 Å². The van der Waals surface area contributed by atoms with Gasteiger partial charge in [-0.1, -0.05) is 58.5 Å². The summed E-state index contributed by atoms with van der Waals surface area (Å²) in [5, 5.41) is 2.51. The Balaban J connectivity index is 1.91. The van der Waals surface area contributed by atoms with Crippen LogP contribution in [0.3, 0.4) is 0 Å². The van der Waals surface area contributed by atoms with E-state index in [1.165, 1.54) is 0 Å². The Labute approximate surface area is 138 Å². The smallest absolute Gasteiger partial charge is 0.0466 e. The van der Waals surface area contributed by atoms with E-state index in [0.717, 1.165) is 11.1 Å². The molecule has 0 fully saturated rings. The van der Waals surface area contributed by atoms with E-state index in [1.54, 1.807) is 24.3 Å². The lowest BCUT2D eigenvalue weighted by molar-refractivity contribution is 0.530. The molecule has 0 aromatic heterocycles. The molecule has 0 aliphatic rings.